The van der Waals surface area contributed by atoms with Gasteiger partial charge in [-0.3, -0.25) is 0 Å². The predicted octanol–water partition coefficient (Wildman–Crippen LogP) is 5.72. The van der Waals surface area contributed by atoms with Gasteiger partial charge in [0.2, 0.25) is 0 Å². The van der Waals surface area contributed by atoms with Gasteiger partial charge in [0.25, 0.3) is 0 Å². The first-order valence-corrected chi connectivity index (χ1v) is 8.62. The molecule has 0 unspecified atom stereocenters. The average molecular weight is 266 g/mol. The smallest absolute Gasteiger partial charge is 0.0661 e. The van der Waals surface area contributed by atoms with Gasteiger partial charge in [0.15, 0.2) is 0 Å². The van der Waals surface area contributed by atoms with Gasteiger partial charge in [-0.05, 0) is 65.2 Å². The number of hydrogen-bond acceptors (Lipinski definition) is 1. The van der Waals surface area contributed by atoms with E-state index in [1.807, 2.05) is 0 Å². The molecule has 2 saturated carbocycles. The van der Waals surface area contributed by atoms with E-state index >= 15 is 0 Å². The van der Waals surface area contributed by atoms with Crippen molar-refractivity contribution in [3.05, 3.63) is 0 Å². The van der Waals surface area contributed by atoms with Crippen LogP contribution in [0.2, 0.25) is 0 Å². The fourth-order valence-electron chi connectivity index (χ4n) is 4.44. The Hall–Kier alpha value is -0.0400. The molecule has 0 aromatic rings. The summed E-state index contributed by atoms with van der Waals surface area (Å²) in [6.07, 6.45) is 13.9. The van der Waals surface area contributed by atoms with Gasteiger partial charge in [0.1, 0.15) is 0 Å². The van der Waals surface area contributed by atoms with Crippen molar-refractivity contribution in [2.45, 2.75) is 103 Å². The SMILES string of the molecule is CC(C)(OC(C)(C)C1CCCCC1)C1CCCCC1. The summed E-state index contributed by atoms with van der Waals surface area (Å²) >= 11 is 0. The summed E-state index contributed by atoms with van der Waals surface area (Å²) in [5.74, 6) is 1.54. The fourth-order valence-corrected chi connectivity index (χ4v) is 4.44. The highest BCUT2D eigenvalue weighted by molar-refractivity contribution is 4.89. The summed E-state index contributed by atoms with van der Waals surface area (Å²) in [4.78, 5) is 0. The first-order chi connectivity index (χ1) is 8.92. The summed E-state index contributed by atoms with van der Waals surface area (Å²) in [5, 5.41) is 0. The van der Waals surface area contributed by atoms with Crippen LogP contribution in [-0.4, -0.2) is 11.2 Å². The van der Waals surface area contributed by atoms with Gasteiger partial charge in [-0.1, -0.05) is 38.5 Å². The van der Waals surface area contributed by atoms with Crippen LogP contribution >= 0.6 is 0 Å². The highest BCUT2D eigenvalue weighted by Crippen LogP contribution is 2.42. The molecule has 0 aromatic heterocycles. The molecule has 112 valence electrons. The second-order valence-electron chi connectivity index (χ2n) is 7.98. The van der Waals surface area contributed by atoms with Gasteiger partial charge in [-0.25, -0.2) is 0 Å². The number of rotatable bonds is 4. The van der Waals surface area contributed by atoms with Gasteiger partial charge < -0.3 is 4.74 Å². The van der Waals surface area contributed by atoms with Crippen molar-refractivity contribution in [3.8, 4) is 0 Å². The summed E-state index contributed by atoms with van der Waals surface area (Å²) < 4.78 is 6.70. The lowest BCUT2D eigenvalue weighted by molar-refractivity contribution is -0.181. The molecule has 0 atom stereocenters. The van der Waals surface area contributed by atoms with Crippen LogP contribution in [0, 0.1) is 11.8 Å². The van der Waals surface area contributed by atoms with E-state index in [2.05, 4.69) is 27.7 Å². The number of hydrogen-bond donors (Lipinski definition) is 0. The summed E-state index contributed by atoms with van der Waals surface area (Å²) in [6.45, 7) is 9.36. The van der Waals surface area contributed by atoms with Crippen LogP contribution in [0.1, 0.15) is 91.9 Å². The van der Waals surface area contributed by atoms with Gasteiger partial charge >= 0.3 is 0 Å². The molecule has 0 bridgehead atoms. The van der Waals surface area contributed by atoms with Crippen LogP contribution in [0.3, 0.4) is 0 Å². The van der Waals surface area contributed by atoms with Crippen LogP contribution < -0.4 is 0 Å². The Balaban J connectivity index is 1.96. The van der Waals surface area contributed by atoms with Crippen LogP contribution in [0.25, 0.3) is 0 Å². The van der Waals surface area contributed by atoms with E-state index < -0.39 is 0 Å². The van der Waals surface area contributed by atoms with Crippen molar-refractivity contribution >= 4 is 0 Å². The molecule has 0 aromatic carbocycles. The summed E-state index contributed by atoms with van der Waals surface area (Å²) in [5.41, 5.74) is 0.114. The van der Waals surface area contributed by atoms with E-state index in [9.17, 15) is 0 Å². The van der Waals surface area contributed by atoms with E-state index in [-0.39, 0.29) is 11.2 Å². The lowest BCUT2D eigenvalue weighted by atomic mass is 9.75. The van der Waals surface area contributed by atoms with Crippen LogP contribution in [0.15, 0.2) is 0 Å². The lowest BCUT2D eigenvalue weighted by Crippen LogP contribution is -2.47. The second-order valence-corrected chi connectivity index (χ2v) is 7.98. The van der Waals surface area contributed by atoms with Crippen molar-refractivity contribution in [1.29, 1.82) is 0 Å². The number of ether oxygens (including phenoxy) is 1. The van der Waals surface area contributed by atoms with Gasteiger partial charge in [-0.2, -0.15) is 0 Å². The molecule has 2 rings (SSSR count). The molecule has 2 aliphatic rings. The molecule has 2 fully saturated rings. The summed E-state index contributed by atoms with van der Waals surface area (Å²) in [6, 6.07) is 0. The molecule has 0 aliphatic heterocycles. The van der Waals surface area contributed by atoms with Gasteiger partial charge in [0.05, 0.1) is 11.2 Å². The Morgan fingerprint density at radius 3 is 1.21 bits per heavy atom. The molecule has 0 amide bonds. The van der Waals surface area contributed by atoms with Crippen molar-refractivity contribution in [1.82, 2.24) is 0 Å². The molecule has 0 N–H and O–H groups in total. The largest absolute Gasteiger partial charge is 0.369 e. The predicted molar refractivity (Wildman–Crippen MR) is 82.4 cm³/mol. The van der Waals surface area contributed by atoms with E-state index in [1.165, 1.54) is 64.2 Å². The maximum atomic E-state index is 6.70. The molecule has 19 heavy (non-hydrogen) atoms. The van der Waals surface area contributed by atoms with Gasteiger partial charge in [-0.15, -0.1) is 0 Å². The molecule has 0 heterocycles. The maximum absolute atomic E-state index is 6.70. The van der Waals surface area contributed by atoms with Crippen LogP contribution in [0.5, 0.6) is 0 Å². The van der Waals surface area contributed by atoms with Gasteiger partial charge in [0, 0.05) is 0 Å². The van der Waals surface area contributed by atoms with E-state index in [1.54, 1.807) is 0 Å². The Kier molecular flexibility index (Phi) is 4.98. The van der Waals surface area contributed by atoms with Crippen LogP contribution in [0.4, 0.5) is 0 Å². The third kappa shape index (κ3) is 3.97. The minimum absolute atomic E-state index is 0.0569. The normalized spacial score (nSPS) is 24.6. The van der Waals surface area contributed by atoms with Crippen molar-refractivity contribution in [2.75, 3.05) is 0 Å². The third-order valence-corrected chi connectivity index (χ3v) is 5.70. The van der Waals surface area contributed by atoms with E-state index in [0.29, 0.717) is 0 Å². The lowest BCUT2D eigenvalue weighted by Gasteiger charge is -2.46. The van der Waals surface area contributed by atoms with E-state index in [0.717, 1.165) is 11.8 Å². The quantitative estimate of drug-likeness (QED) is 0.632. The minimum atomic E-state index is 0.0569. The molecular formula is C18H34O. The highest BCUT2D eigenvalue weighted by atomic mass is 16.5. The standard InChI is InChI=1S/C18H34O/c1-17(2,15-11-7-5-8-12-15)19-18(3,4)16-13-9-6-10-14-16/h15-16H,5-14H2,1-4H3. The molecule has 0 spiro atoms. The van der Waals surface area contributed by atoms with Crippen molar-refractivity contribution < 1.29 is 4.74 Å². The minimum Gasteiger partial charge on any atom is -0.369 e. The Morgan fingerprint density at radius 2 is 0.895 bits per heavy atom. The second kappa shape index (κ2) is 6.16. The first kappa shape index (κ1) is 15.4. The Labute approximate surface area is 120 Å². The van der Waals surface area contributed by atoms with E-state index in [4.69, 9.17) is 4.74 Å². The fraction of sp³-hybridized carbons (Fsp3) is 1.00. The zero-order chi connectivity index (χ0) is 13.9. The molecule has 2 aliphatic carbocycles. The highest BCUT2D eigenvalue weighted by Gasteiger charge is 2.40. The molecule has 1 nitrogen and oxygen atoms in total. The maximum Gasteiger partial charge on any atom is 0.0661 e. The first-order valence-electron chi connectivity index (χ1n) is 8.62. The molecular weight excluding hydrogens is 232 g/mol. The summed E-state index contributed by atoms with van der Waals surface area (Å²) in [7, 11) is 0. The molecule has 1 heteroatoms. The Morgan fingerprint density at radius 1 is 0.579 bits per heavy atom. The van der Waals surface area contributed by atoms with Crippen LogP contribution in [-0.2, 0) is 4.74 Å². The topological polar surface area (TPSA) is 9.23 Å². The third-order valence-electron chi connectivity index (χ3n) is 5.70. The molecule has 0 radical (unpaired) electrons. The monoisotopic (exact) mass is 266 g/mol. The molecule has 0 saturated heterocycles. The van der Waals surface area contributed by atoms with Crippen molar-refractivity contribution in [3.63, 3.8) is 0 Å². The zero-order valence-corrected chi connectivity index (χ0v) is 13.6. The zero-order valence-electron chi connectivity index (χ0n) is 13.6. The average Bonchev–Trinajstić information content (AvgIpc) is 2.40. The Bertz CT molecular complexity index is 239. The van der Waals surface area contributed by atoms with Crippen molar-refractivity contribution in [2.24, 2.45) is 11.8 Å².